The number of carbonyl (C=O) groups excluding carboxylic acids is 2. The van der Waals surface area contributed by atoms with Crippen LogP contribution in [0.3, 0.4) is 0 Å². The summed E-state index contributed by atoms with van der Waals surface area (Å²) < 4.78 is 0. The van der Waals surface area contributed by atoms with Crippen molar-refractivity contribution in [3.63, 3.8) is 0 Å². The van der Waals surface area contributed by atoms with E-state index in [9.17, 15) is 29.8 Å². The minimum Gasteiger partial charge on any atom is -0.295 e. The van der Waals surface area contributed by atoms with Crippen LogP contribution in [0.5, 0.6) is 0 Å². The predicted molar refractivity (Wildman–Crippen MR) is 74.8 cm³/mol. The van der Waals surface area contributed by atoms with Crippen molar-refractivity contribution >= 4 is 34.2 Å². The maximum Gasteiger partial charge on any atom is 0.284 e. The highest BCUT2D eigenvalue weighted by Crippen LogP contribution is 2.45. The van der Waals surface area contributed by atoms with E-state index in [-0.39, 0.29) is 29.5 Å². The number of hydrogen-bond donors (Lipinski definition) is 0. The number of hydrogen-bond acceptors (Lipinski definition) is 6. The maximum atomic E-state index is 11.7. The first-order valence-corrected chi connectivity index (χ1v) is 6.32. The molecule has 1 atom stereocenters. The second-order valence-corrected chi connectivity index (χ2v) is 4.96. The summed E-state index contributed by atoms with van der Waals surface area (Å²) in [6, 6.07) is 5.21. The molecule has 0 spiro atoms. The number of ketones is 1. The van der Waals surface area contributed by atoms with Gasteiger partial charge < -0.3 is 0 Å². The van der Waals surface area contributed by atoms with Gasteiger partial charge in [-0.15, -0.1) is 0 Å². The predicted octanol–water partition coefficient (Wildman–Crippen LogP) is 2.06. The van der Waals surface area contributed by atoms with Crippen molar-refractivity contribution in [1.82, 2.24) is 0 Å². The van der Waals surface area contributed by atoms with Gasteiger partial charge in [-0.25, -0.2) is 0 Å². The van der Waals surface area contributed by atoms with Crippen molar-refractivity contribution in [2.24, 2.45) is 0 Å². The largest absolute Gasteiger partial charge is 0.295 e. The molecule has 0 fully saturated rings. The van der Waals surface area contributed by atoms with Crippen LogP contribution in [0.1, 0.15) is 17.0 Å². The van der Waals surface area contributed by atoms with Crippen LogP contribution in [-0.2, 0) is 16.0 Å². The molecule has 0 heterocycles. The first-order chi connectivity index (χ1) is 10.5. The Morgan fingerprint density at radius 3 is 2.18 bits per heavy atom. The third kappa shape index (κ3) is 1.77. The van der Waals surface area contributed by atoms with E-state index in [1.807, 2.05) is 0 Å². The summed E-state index contributed by atoms with van der Waals surface area (Å²) in [4.78, 5) is 43.4. The lowest BCUT2D eigenvalue weighted by Gasteiger charge is -2.06. The van der Waals surface area contributed by atoms with Crippen LogP contribution in [0.25, 0.3) is 10.8 Å². The number of carbonyl (C=O) groups is 2. The maximum absolute atomic E-state index is 11.7. The van der Waals surface area contributed by atoms with Crippen LogP contribution in [0.2, 0.25) is 0 Å². The molecule has 8 heteroatoms. The lowest BCUT2D eigenvalue weighted by molar-refractivity contribution is -0.390. The third-order valence-electron chi connectivity index (χ3n) is 3.89. The minimum absolute atomic E-state index is 0.0915. The topological polar surface area (TPSA) is 120 Å². The van der Waals surface area contributed by atoms with Gasteiger partial charge >= 0.3 is 0 Å². The van der Waals surface area contributed by atoms with Gasteiger partial charge in [0.15, 0.2) is 6.29 Å². The van der Waals surface area contributed by atoms with Crippen LogP contribution >= 0.6 is 0 Å². The van der Waals surface area contributed by atoms with Crippen molar-refractivity contribution in [3.8, 4) is 0 Å². The standard InChI is InChI=1S/C14H8N2O6/c17-6-12(18)9-5-7-1-3-10(15(19)20)14-11(16(21)22)4-2-8(9)13(7)14/h1-4,6,9H,5H2. The van der Waals surface area contributed by atoms with E-state index >= 15 is 0 Å². The van der Waals surface area contributed by atoms with E-state index in [0.717, 1.165) is 6.07 Å². The number of nitro benzene ring substituents is 2. The zero-order valence-corrected chi connectivity index (χ0v) is 11.0. The van der Waals surface area contributed by atoms with Crippen molar-refractivity contribution < 1.29 is 19.4 Å². The van der Waals surface area contributed by atoms with Gasteiger partial charge in [0.25, 0.3) is 11.4 Å². The van der Waals surface area contributed by atoms with E-state index in [2.05, 4.69) is 0 Å². The highest BCUT2D eigenvalue weighted by atomic mass is 16.6. The Balaban J connectivity index is 2.43. The van der Waals surface area contributed by atoms with Gasteiger partial charge in [-0.05, 0) is 17.5 Å². The van der Waals surface area contributed by atoms with Gasteiger partial charge in [0.1, 0.15) is 5.39 Å². The molecular weight excluding hydrogens is 292 g/mol. The second kappa shape index (κ2) is 4.69. The van der Waals surface area contributed by atoms with Gasteiger partial charge in [0, 0.05) is 17.5 Å². The number of nitro groups is 2. The van der Waals surface area contributed by atoms with Gasteiger partial charge in [-0.3, -0.25) is 29.8 Å². The number of Topliss-reactive ketones (excluding diaryl/α,β-unsaturated/α-hetero) is 1. The molecule has 0 amide bonds. The Kier molecular flexibility index (Phi) is 2.94. The van der Waals surface area contributed by atoms with Gasteiger partial charge in [-0.2, -0.15) is 0 Å². The summed E-state index contributed by atoms with van der Waals surface area (Å²) in [5.41, 5.74) is 0.258. The summed E-state index contributed by atoms with van der Waals surface area (Å²) in [6.45, 7) is 0. The fraction of sp³-hybridized carbons (Fsp3) is 0.143. The Hall–Kier alpha value is -3.16. The van der Waals surface area contributed by atoms with Crippen LogP contribution < -0.4 is 0 Å². The summed E-state index contributed by atoms with van der Waals surface area (Å²) in [5.74, 6) is -1.38. The van der Waals surface area contributed by atoms with E-state index in [4.69, 9.17) is 0 Å². The van der Waals surface area contributed by atoms with Crippen LogP contribution in [0.4, 0.5) is 11.4 Å². The monoisotopic (exact) mass is 300 g/mol. The number of nitrogens with zero attached hydrogens (tertiary/aromatic N) is 2. The summed E-state index contributed by atoms with van der Waals surface area (Å²) in [5, 5.41) is 22.6. The van der Waals surface area contributed by atoms with Gasteiger partial charge in [0.2, 0.25) is 5.78 Å². The van der Waals surface area contributed by atoms with Gasteiger partial charge in [0.05, 0.1) is 15.8 Å². The van der Waals surface area contributed by atoms with Crippen molar-refractivity contribution in [3.05, 3.63) is 55.6 Å². The van der Waals surface area contributed by atoms with Crippen molar-refractivity contribution in [2.75, 3.05) is 0 Å². The van der Waals surface area contributed by atoms with Gasteiger partial charge in [-0.1, -0.05) is 12.1 Å². The third-order valence-corrected chi connectivity index (χ3v) is 3.89. The molecule has 0 aromatic heterocycles. The molecule has 0 aliphatic heterocycles. The quantitative estimate of drug-likeness (QED) is 0.369. The Bertz CT molecular complexity index is 853. The van der Waals surface area contributed by atoms with Crippen LogP contribution in [-0.4, -0.2) is 21.9 Å². The molecule has 0 saturated heterocycles. The van der Waals surface area contributed by atoms with E-state index in [0.29, 0.717) is 16.5 Å². The average Bonchev–Trinajstić information content (AvgIpc) is 2.87. The number of benzene rings is 2. The molecule has 1 aliphatic rings. The molecule has 0 radical (unpaired) electrons. The zero-order valence-electron chi connectivity index (χ0n) is 11.0. The highest BCUT2D eigenvalue weighted by Gasteiger charge is 2.35. The average molecular weight is 300 g/mol. The molecule has 1 aliphatic carbocycles. The van der Waals surface area contributed by atoms with Crippen molar-refractivity contribution in [1.29, 1.82) is 0 Å². The summed E-state index contributed by atoms with van der Waals surface area (Å²) in [7, 11) is 0. The zero-order chi connectivity index (χ0) is 16.0. The number of rotatable bonds is 4. The number of non-ortho nitro benzene ring substituents is 2. The van der Waals surface area contributed by atoms with Crippen LogP contribution in [0.15, 0.2) is 24.3 Å². The first kappa shape index (κ1) is 13.8. The lowest BCUT2D eigenvalue weighted by atomic mass is 9.95. The Labute approximate surface area is 122 Å². The van der Waals surface area contributed by atoms with Crippen LogP contribution in [0, 0.1) is 20.2 Å². The molecule has 3 rings (SSSR count). The lowest BCUT2D eigenvalue weighted by Crippen LogP contribution is -2.12. The second-order valence-electron chi connectivity index (χ2n) is 4.96. The molecule has 22 heavy (non-hydrogen) atoms. The molecule has 0 N–H and O–H groups in total. The molecule has 2 aromatic carbocycles. The summed E-state index contributed by atoms with van der Waals surface area (Å²) >= 11 is 0. The molecule has 1 unspecified atom stereocenters. The van der Waals surface area contributed by atoms with E-state index in [1.165, 1.54) is 18.2 Å². The molecule has 0 saturated carbocycles. The minimum atomic E-state index is -0.738. The fourth-order valence-corrected chi connectivity index (χ4v) is 2.99. The SMILES string of the molecule is O=CC(=O)C1Cc2ccc([N+](=O)[O-])c3c([N+](=O)[O-])ccc1c23. The van der Waals surface area contributed by atoms with E-state index < -0.39 is 21.5 Å². The molecule has 2 aromatic rings. The first-order valence-electron chi connectivity index (χ1n) is 6.32. The fourth-order valence-electron chi connectivity index (χ4n) is 2.99. The molecule has 0 bridgehead atoms. The number of aldehydes is 1. The van der Waals surface area contributed by atoms with E-state index in [1.54, 1.807) is 0 Å². The smallest absolute Gasteiger partial charge is 0.284 e. The summed E-state index contributed by atoms with van der Waals surface area (Å²) in [6.07, 6.45) is 0.417. The normalized spacial score (nSPS) is 15.7. The Morgan fingerprint density at radius 2 is 1.64 bits per heavy atom. The Morgan fingerprint density at radius 1 is 1.05 bits per heavy atom. The molecule has 110 valence electrons. The molecular formula is C14H8N2O6. The molecule has 8 nitrogen and oxygen atoms in total. The van der Waals surface area contributed by atoms with Crippen molar-refractivity contribution in [2.45, 2.75) is 12.3 Å². The highest BCUT2D eigenvalue weighted by molar-refractivity contribution is 6.29.